The van der Waals surface area contributed by atoms with Gasteiger partial charge < -0.3 is 14.2 Å². The van der Waals surface area contributed by atoms with Crippen LogP contribution in [0.1, 0.15) is 37.1 Å². The van der Waals surface area contributed by atoms with Gasteiger partial charge in [0, 0.05) is 6.42 Å². The predicted octanol–water partition coefficient (Wildman–Crippen LogP) is 3.70. The van der Waals surface area contributed by atoms with Gasteiger partial charge in [0.25, 0.3) is 0 Å². The van der Waals surface area contributed by atoms with E-state index in [1.165, 1.54) is 0 Å². The molecule has 1 fully saturated rings. The number of fused-ring (bicyclic) bond motifs is 1. The maximum atomic E-state index is 6.54. The Kier molecular flexibility index (Phi) is 3.85. The normalized spacial score (nSPS) is 27.9. The second-order valence-electron chi connectivity index (χ2n) is 5.22. The summed E-state index contributed by atoms with van der Waals surface area (Å²) in [5.41, 5.74) is 1.05. The predicted molar refractivity (Wildman–Crippen MR) is 74.2 cm³/mol. The van der Waals surface area contributed by atoms with E-state index in [-0.39, 0.29) is 11.5 Å². The summed E-state index contributed by atoms with van der Waals surface area (Å²) >= 11 is 6.54. The Labute approximate surface area is 118 Å². The van der Waals surface area contributed by atoms with E-state index in [4.69, 9.17) is 25.8 Å². The maximum Gasteiger partial charge on any atom is 0.161 e. The zero-order chi connectivity index (χ0) is 13.2. The summed E-state index contributed by atoms with van der Waals surface area (Å²) in [7, 11) is 0. The number of alkyl halides is 1. The minimum absolute atomic E-state index is 0.0985. The van der Waals surface area contributed by atoms with Gasteiger partial charge in [0.2, 0.25) is 0 Å². The van der Waals surface area contributed by atoms with Gasteiger partial charge in [0.15, 0.2) is 11.5 Å². The highest BCUT2D eigenvalue weighted by atomic mass is 35.5. The molecule has 0 spiro atoms. The van der Waals surface area contributed by atoms with Crippen LogP contribution in [0.25, 0.3) is 0 Å². The molecule has 0 aromatic heterocycles. The number of ether oxygens (including phenoxy) is 3. The van der Waals surface area contributed by atoms with Gasteiger partial charge in [-0.2, -0.15) is 0 Å². The van der Waals surface area contributed by atoms with Crippen molar-refractivity contribution in [1.29, 1.82) is 0 Å². The van der Waals surface area contributed by atoms with Gasteiger partial charge in [-0.1, -0.05) is 6.07 Å². The summed E-state index contributed by atoms with van der Waals surface area (Å²) in [6.45, 7) is 3.50. The fourth-order valence-corrected chi connectivity index (χ4v) is 2.94. The molecule has 0 amide bonds. The minimum atomic E-state index is -0.123. The molecule has 0 N–H and O–H groups in total. The third-order valence-electron chi connectivity index (χ3n) is 3.68. The SMILES string of the molecule is CC1CCC(C(Cl)c2ccc3c(c2)OCCCO3)O1. The van der Waals surface area contributed by atoms with Crippen LogP contribution >= 0.6 is 11.6 Å². The van der Waals surface area contributed by atoms with E-state index < -0.39 is 0 Å². The zero-order valence-electron chi connectivity index (χ0n) is 11.1. The van der Waals surface area contributed by atoms with Crippen LogP contribution in [0.15, 0.2) is 18.2 Å². The lowest BCUT2D eigenvalue weighted by atomic mass is 10.0. The van der Waals surface area contributed by atoms with Gasteiger partial charge in [-0.25, -0.2) is 0 Å². The highest BCUT2D eigenvalue weighted by Crippen LogP contribution is 2.38. The topological polar surface area (TPSA) is 27.7 Å². The van der Waals surface area contributed by atoms with Crippen LogP contribution in [0.3, 0.4) is 0 Å². The Morgan fingerprint density at radius 3 is 2.68 bits per heavy atom. The van der Waals surface area contributed by atoms with Crippen LogP contribution in [0.4, 0.5) is 0 Å². The first-order valence-corrected chi connectivity index (χ1v) is 7.37. The van der Waals surface area contributed by atoms with Gasteiger partial charge in [0.05, 0.1) is 30.8 Å². The van der Waals surface area contributed by atoms with Crippen molar-refractivity contribution in [2.45, 2.75) is 43.8 Å². The molecule has 4 heteroatoms. The lowest BCUT2D eigenvalue weighted by molar-refractivity contribution is 0.0533. The van der Waals surface area contributed by atoms with Crippen molar-refractivity contribution in [2.75, 3.05) is 13.2 Å². The number of hydrogen-bond acceptors (Lipinski definition) is 3. The molecular weight excluding hydrogens is 264 g/mol. The Morgan fingerprint density at radius 1 is 1.16 bits per heavy atom. The summed E-state index contributed by atoms with van der Waals surface area (Å²) in [5.74, 6) is 1.61. The van der Waals surface area contributed by atoms with Crippen molar-refractivity contribution in [3.63, 3.8) is 0 Å². The summed E-state index contributed by atoms with van der Waals surface area (Å²) in [6.07, 6.45) is 3.42. The molecule has 0 bridgehead atoms. The summed E-state index contributed by atoms with van der Waals surface area (Å²) in [6, 6.07) is 5.95. The second-order valence-corrected chi connectivity index (χ2v) is 5.69. The summed E-state index contributed by atoms with van der Waals surface area (Å²) in [5, 5.41) is -0.123. The number of benzene rings is 1. The first-order valence-electron chi connectivity index (χ1n) is 6.93. The molecule has 3 atom stereocenters. The molecule has 0 saturated carbocycles. The molecule has 1 aromatic rings. The minimum Gasteiger partial charge on any atom is -0.490 e. The van der Waals surface area contributed by atoms with Crippen LogP contribution < -0.4 is 9.47 Å². The molecule has 19 heavy (non-hydrogen) atoms. The van der Waals surface area contributed by atoms with Crippen LogP contribution in [0.5, 0.6) is 11.5 Å². The van der Waals surface area contributed by atoms with E-state index in [0.717, 1.165) is 36.3 Å². The van der Waals surface area contributed by atoms with Gasteiger partial charge in [-0.3, -0.25) is 0 Å². The van der Waals surface area contributed by atoms with Crippen molar-refractivity contribution < 1.29 is 14.2 Å². The summed E-state index contributed by atoms with van der Waals surface area (Å²) in [4.78, 5) is 0. The van der Waals surface area contributed by atoms with E-state index in [2.05, 4.69) is 6.92 Å². The average molecular weight is 283 g/mol. The second kappa shape index (κ2) is 5.59. The molecule has 3 nitrogen and oxygen atoms in total. The van der Waals surface area contributed by atoms with Crippen molar-refractivity contribution in [2.24, 2.45) is 0 Å². The van der Waals surface area contributed by atoms with E-state index in [1.807, 2.05) is 18.2 Å². The van der Waals surface area contributed by atoms with Crippen molar-refractivity contribution >= 4 is 11.6 Å². The zero-order valence-corrected chi connectivity index (χ0v) is 11.9. The van der Waals surface area contributed by atoms with Crippen LogP contribution in [0, 0.1) is 0 Å². The smallest absolute Gasteiger partial charge is 0.161 e. The van der Waals surface area contributed by atoms with Crippen molar-refractivity contribution in [1.82, 2.24) is 0 Å². The fourth-order valence-electron chi connectivity index (χ4n) is 2.61. The van der Waals surface area contributed by atoms with Crippen molar-refractivity contribution in [3.05, 3.63) is 23.8 Å². The van der Waals surface area contributed by atoms with Crippen LogP contribution in [-0.2, 0) is 4.74 Å². The van der Waals surface area contributed by atoms with Gasteiger partial charge >= 0.3 is 0 Å². The highest BCUT2D eigenvalue weighted by molar-refractivity contribution is 6.21. The molecule has 2 heterocycles. The molecule has 0 aliphatic carbocycles. The van der Waals surface area contributed by atoms with Crippen LogP contribution in [0.2, 0.25) is 0 Å². The monoisotopic (exact) mass is 282 g/mol. The summed E-state index contributed by atoms with van der Waals surface area (Å²) < 4.78 is 17.2. The molecule has 3 unspecified atom stereocenters. The third-order valence-corrected chi connectivity index (χ3v) is 4.21. The molecule has 2 aliphatic heterocycles. The van der Waals surface area contributed by atoms with E-state index in [9.17, 15) is 0 Å². The molecule has 104 valence electrons. The molecule has 2 aliphatic rings. The molecule has 0 radical (unpaired) electrons. The quantitative estimate of drug-likeness (QED) is 0.774. The third kappa shape index (κ3) is 2.82. The highest BCUT2D eigenvalue weighted by Gasteiger charge is 2.30. The number of halogens is 1. The van der Waals surface area contributed by atoms with E-state index in [1.54, 1.807) is 0 Å². The van der Waals surface area contributed by atoms with Gasteiger partial charge in [-0.15, -0.1) is 11.6 Å². The number of rotatable bonds is 2. The Hall–Kier alpha value is -0.930. The standard InChI is InChI=1S/C15H19ClO3/c1-10-3-5-13(19-10)15(16)11-4-6-12-14(9-11)18-8-2-7-17-12/h4,6,9-10,13,15H,2-3,5,7-8H2,1H3. The lowest BCUT2D eigenvalue weighted by Crippen LogP contribution is -2.14. The van der Waals surface area contributed by atoms with Crippen molar-refractivity contribution in [3.8, 4) is 11.5 Å². The number of hydrogen-bond donors (Lipinski definition) is 0. The first-order chi connectivity index (χ1) is 9.24. The fraction of sp³-hybridized carbons (Fsp3) is 0.600. The Balaban J connectivity index is 1.79. The van der Waals surface area contributed by atoms with E-state index in [0.29, 0.717) is 19.3 Å². The van der Waals surface area contributed by atoms with Gasteiger partial charge in [0.1, 0.15) is 0 Å². The molecule has 1 aromatic carbocycles. The molecular formula is C15H19ClO3. The van der Waals surface area contributed by atoms with E-state index >= 15 is 0 Å². The first kappa shape index (κ1) is 13.1. The maximum absolute atomic E-state index is 6.54. The lowest BCUT2D eigenvalue weighted by Gasteiger charge is -2.19. The molecule has 3 rings (SSSR count). The largest absolute Gasteiger partial charge is 0.490 e. The molecule has 1 saturated heterocycles. The average Bonchev–Trinajstić information content (AvgIpc) is 2.72. The Bertz CT molecular complexity index is 449. The van der Waals surface area contributed by atoms with Crippen LogP contribution in [-0.4, -0.2) is 25.4 Å². The Morgan fingerprint density at radius 2 is 1.95 bits per heavy atom. The van der Waals surface area contributed by atoms with Gasteiger partial charge in [-0.05, 0) is 37.5 Å².